The Morgan fingerprint density at radius 3 is 0.955 bits per heavy atom. The molecule has 8 bridgehead atoms. The number of fused-ring (bicyclic) bond motifs is 14. The summed E-state index contributed by atoms with van der Waals surface area (Å²) in [6.45, 7) is 0. The molecule has 0 aliphatic carbocycles. The number of nitrogens with one attached hydrogen (secondary N) is 2. The molecule has 0 amide bonds. The highest BCUT2D eigenvalue weighted by atomic mass is 15.2. The molecular formula is C36H38N8. The summed E-state index contributed by atoms with van der Waals surface area (Å²) in [6.07, 6.45) is 0. The number of hydrogen-bond acceptors (Lipinski definition) is 6. The average Bonchev–Trinajstić information content (AvgIpc) is 3.71. The van der Waals surface area contributed by atoms with Gasteiger partial charge in [-0.1, -0.05) is 48.5 Å². The molecule has 0 saturated heterocycles. The third kappa shape index (κ3) is 4.28. The minimum atomic E-state index is 0.914. The van der Waals surface area contributed by atoms with Crippen molar-refractivity contribution >= 4 is 44.8 Å². The van der Waals surface area contributed by atoms with Crippen molar-refractivity contribution in [2.24, 2.45) is 0 Å². The Hall–Kier alpha value is -5.24. The lowest BCUT2D eigenvalue weighted by Crippen LogP contribution is -2.15. The molecule has 5 heterocycles. The number of aromatic nitrogens is 4. The summed E-state index contributed by atoms with van der Waals surface area (Å²) < 4.78 is 0. The highest BCUT2D eigenvalue weighted by molar-refractivity contribution is 6.04. The summed E-state index contributed by atoms with van der Waals surface area (Å²) >= 11 is 0. The molecule has 2 aromatic carbocycles. The monoisotopic (exact) mass is 582 g/mol. The lowest BCUT2D eigenvalue weighted by Gasteiger charge is -2.20. The number of nitrogens with zero attached hydrogens (tertiary/aromatic N) is 6. The van der Waals surface area contributed by atoms with Gasteiger partial charge in [0.2, 0.25) is 0 Å². The Kier molecular flexibility index (Phi) is 6.39. The Morgan fingerprint density at radius 1 is 0.386 bits per heavy atom. The zero-order valence-electron chi connectivity index (χ0n) is 26.6. The summed E-state index contributed by atoms with van der Waals surface area (Å²) in [5.41, 5.74) is 16.6. The molecule has 8 heteroatoms. The van der Waals surface area contributed by atoms with Crippen LogP contribution in [0, 0.1) is 0 Å². The van der Waals surface area contributed by atoms with E-state index in [1.807, 2.05) is 0 Å². The molecule has 44 heavy (non-hydrogen) atoms. The van der Waals surface area contributed by atoms with E-state index < -0.39 is 0 Å². The standard InChI is InChI=1S/C36H38N8/c1-41(2)33-29-18-27-23-15-11-9-13-21(23)25(37-27)17-26-22-14-10-12-16-24(22)28(38-26)19-30-34(42(3)4)36(44(7)8)32(40-30)20-31(39-29)35(33)43(5)6/h9-20,39-40H,1-8H3. The molecule has 0 atom stereocenters. The van der Waals surface area contributed by atoms with Crippen molar-refractivity contribution in [3.63, 3.8) is 0 Å². The van der Waals surface area contributed by atoms with Gasteiger partial charge in [-0.3, -0.25) is 0 Å². The van der Waals surface area contributed by atoms with E-state index in [1.54, 1.807) is 0 Å². The largest absolute Gasteiger partial charge is 0.374 e. The van der Waals surface area contributed by atoms with Gasteiger partial charge in [0.1, 0.15) is 0 Å². The fraction of sp³-hybridized carbons (Fsp3) is 0.222. The second kappa shape index (κ2) is 10.2. The highest BCUT2D eigenvalue weighted by Gasteiger charge is 2.23. The van der Waals surface area contributed by atoms with Crippen molar-refractivity contribution in [1.82, 2.24) is 19.9 Å². The summed E-state index contributed by atoms with van der Waals surface area (Å²) in [5, 5.41) is 0. The van der Waals surface area contributed by atoms with Crippen molar-refractivity contribution < 1.29 is 0 Å². The third-order valence-corrected chi connectivity index (χ3v) is 8.36. The van der Waals surface area contributed by atoms with Gasteiger partial charge >= 0.3 is 0 Å². The van der Waals surface area contributed by atoms with Crippen LogP contribution in [0.1, 0.15) is 0 Å². The first-order chi connectivity index (χ1) is 21.1. The first-order valence-electron chi connectivity index (χ1n) is 14.8. The van der Waals surface area contributed by atoms with E-state index in [0.29, 0.717) is 0 Å². The van der Waals surface area contributed by atoms with Crippen molar-refractivity contribution in [3.8, 4) is 45.0 Å². The van der Waals surface area contributed by atoms with Gasteiger partial charge in [0.05, 0.1) is 67.6 Å². The van der Waals surface area contributed by atoms with Crippen LogP contribution >= 0.6 is 0 Å². The lowest BCUT2D eigenvalue weighted by molar-refractivity contribution is 1.09. The number of H-pyrrole nitrogens is 2. The van der Waals surface area contributed by atoms with Gasteiger partial charge in [0.15, 0.2) is 0 Å². The number of anilines is 4. The second-order valence-corrected chi connectivity index (χ2v) is 12.3. The molecule has 2 aliphatic rings. The van der Waals surface area contributed by atoms with Gasteiger partial charge in [0, 0.05) is 78.6 Å². The fourth-order valence-electron chi connectivity index (χ4n) is 6.61. The predicted octanol–water partition coefficient (Wildman–Crippen LogP) is 7.25. The van der Waals surface area contributed by atoms with E-state index >= 15 is 0 Å². The number of aromatic amines is 2. The van der Waals surface area contributed by atoms with E-state index in [0.717, 1.165) is 89.8 Å². The van der Waals surface area contributed by atoms with Crippen LogP contribution in [0.3, 0.4) is 0 Å². The molecule has 0 fully saturated rings. The fourth-order valence-corrected chi connectivity index (χ4v) is 6.61. The molecule has 8 nitrogen and oxygen atoms in total. The van der Waals surface area contributed by atoms with Crippen LogP contribution in [-0.4, -0.2) is 76.3 Å². The zero-order valence-corrected chi connectivity index (χ0v) is 26.6. The number of hydrogen-bond donors (Lipinski definition) is 2. The van der Waals surface area contributed by atoms with Crippen molar-refractivity contribution in [3.05, 3.63) is 72.8 Å². The Labute approximate surface area is 258 Å². The van der Waals surface area contributed by atoms with Crippen LogP contribution in [0.15, 0.2) is 72.8 Å². The van der Waals surface area contributed by atoms with Crippen LogP contribution < -0.4 is 19.6 Å². The quantitative estimate of drug-likeness (QED) is 0.228. The van der Waals surface area contributed by atoms with Crippen LogP contribution in [0.2, 0.25) is 0 Å². The summed E-state index contributed by atoms with van der Waals surface area (Å²) in [4.78, 5) is 26.7. The predicted molar refractivity (Wildman–Crippen MR) is 187 cm³/mol. The second-order valence-electron chi connectivity index (χ2n) is 12.3. The molecule has 2 aliphatic heterocycles. The van der Waals surface area contributed by atoms with Crippen LogP contribution in [0.5, 0.6) is 0 Å². The van der Waals surface area contributed by atoms with Gasteiger partial charge in [0.25, 0.3) is 0 Å². The maximum atomic E-state index is 5.21. The van der Waals surface area contributed by atoms with Gasteiger partial charge in [-0.05, 0) is 24.3 Å². The molecule has 2 N–H and O–H groups in total. The topological polar surface area (TPSA) is 70.3 Å². The minimum Gasteiger partial charge on any atom is -0.374 e. The molecule has 3 aromatic heterocycles. The molecule has 0 spiro atoms. The molecule has 0 saturated carbocycles. The van der Waals surface area contributed by atoms with E-state index in [4.69, 9.17) is 9.97 Å². The number of benzene rings is 2. The smallest absolute Gasteiger partial charge is 0.0860 e. The van der Waals surface area contributed by atoms with Crippen LogP contribution in [-0.2, 0) is 0 Å². The summed E-state index contributed by atoms with van der Waals surface area (Å²) in [6, 6.07) is 25.6. The van der Waals surface area contributed by atoms with Gasteiger partial charge in [-0.15, -0.1) is 0 Å². The first kappa shape index (κ1) is 27.6. The number of rotatable bonds is 4. The molecule has 7 rings (SSSR count). The van der Waals surface area contributed by atoms with E-state index in [-0.39, 0.29) is 0 Å². The third-order valence-electron chi connectivity index (χ3n) is 8.36. The van der Waals surface area contributed by atoms with E-state index in [9.17, 15) is 0 Å². The maximum Gasteiger partial charge on any atom is 0.0860 e. The zero-order chi connectivity index (χ0) is 30.9. The molecule has 0 unspecified atom stereocenters. The molecule has 5 aromatic rings. The molecular weight excluding hydrogens is 544 g/mol. The normalized spacial score (nSPS) is 11.6. The first-order valence-corrected chi connectivity index (χ1v) is 14.8. The Morgan fingerprint density at radius 2 is 0.659 bits per heavy atom. The van der Waals surface area contributed by atoms with E-state index in [2.05, 4.69) is 159 Å². The van der Waals surface area contributed by atoms with Crippen molar-refractivity contribution in [1.29, 1.82) is 0 Å². The average molecular weight is 583 g/mol. The van der Waals surface area contributed by atoms with Crippen LogP contribution in [0.25, 0.3) is 67.1 Å². The Bertz CT molecular complexity index is 1950. The van der Waals surface area contributed by atoms with Gasteiger partial charge < -0.3 is 29.6 Å². The van der Waals surface area contributed by atoms with Crippen LogP contribution in [0.4, 0.5) is 22.7 Å². The van der Waals surface area contributed by atoms with E-state index in [1.165, 1.54) is 0 Å². The minimum absolute atomic E-state index is 0.914. The maximum absolute atomic E-state index is 5.21. The molecule has 0 radical (unpaired) electrons. The van der Waals surface area contributed by atoms with Gasteiger partial charge in [-0.25, -0.2) is 9.97 Å². The SMILES string of the molecule is CN(C)c1c(N(C)C)c2cc3[nH]c(cc4nc(cc5nc(cc1[nH]2)-c1ccccc1-5)-c1ccccc1-4)c(N(C)C)c3N(C)C. The van der Waals surface area contributed by atoms with Crippen molar-refractivity contribution in [2.45, 2.75) is 0 Å². The highest BCUT2D eigenvalue weighted by Crippen LogP contribution is 2.44. The van der Waals surface area contributed by atoms with Gasteiger partial charge in [-0.2, -0.15) is 0 Å². The Balaban J connectivity index is 1.72. The summed E-state index contributed by atoms with van der Waals surface area (Å²) in [5.74, 6) is 0. The molecule has 222 valence electrons. The summed E-state index contributed by atoms with van der Waals surface area (Å²) in [7, 11) is 16.8. The van der Waals surface area contributed by atoms with Crippen molar-refractivity contribution in [2.75, 3.05) is 76.0 Å². The lowest BCUT2D eigenvalue weighted by atomic mass is 10.0.